The van der Waals surface area contributed by atoms with Gasteiger partial charge in [0, 0.05) is 36.8 Å². The number of alkyl halides is 3. The van der Waals surface area contributed by atoms with Gasteiger partial charge in [-0.3, -0.25) is 4.79 Å². The second-order valence-corrected chi connectivity index (χ2v) is 7.80. The van der Waals surface area contributed by atoms with Crippen molar-refractivity contribution in [2.45, 2.75) is 24.6 Å². The van der Waals surface area contributed by atoms with Crippen molar-refractivity contribution in [2.75, 3.05) is 19.7 Å². The molecule has 2 atom stereocenters. The van der Waals surface area contributed by atoms with Gasteiger partial charge in [-0.1, -0.05) is 23.7 Å². The van der Waals surface area contributed by atoms with Gasteiger partial charge in [0.25, 0.3) is 0 Å². The first kappa shape index (κ1) is 24.5. The summed E-state index contributed by atoms with van der Waals surface area (Å²) in [5.74, 6) is -4.60. The van der Waals surface area contributed by atoms with Gasteiger partial charge in [0.1, 0.15) is 22.2 Å². The molecule has 1 aliphatic heterocycles. The van der Waals surface area contributed by atoms with Crippen LogP contribution in [0.1, 0.15) is 24.0 Å². The third-order valence-corrected chi connectivity index (χ3v) is 5.67. The van der Waals surface area contributed by atoms with E-state index >= 15 is 4.39 Å². The number of urea groups is 1. The lowest BCUT2D eigenvalue weighted by molar-refractivity contribution is -0.154. The number of primary amides is 1. The number of nitrogens with two attached hydrogens (primary N) is 1. The number of carbonyl (C=O) groups excluding carboxylic acids is 2. The zero-order chi connectivity index (χ0) is 24.6. The quantitative estimate of drug-likeness (QED) is 0.494. The molecule has 0 aliphatic carbocycles. The maximum Gasteiger partial charge on any atom is 0.422 e. The van der Waals surface area contributed by atoms with Crippen LogP contribution >= 0.6 is 11.6 Å². The Bertz CT molecular complexity index is 1070. The summed E-state index contributed by atoms with van der Waals surface area (Å²) in [7, 11) is 0. The standard InChI is InChI=1S/C20H18ClF5N4O3/c1-19(17(31)28-6-7-30(19)18(27)32)14(11-3-4-12(22)15(21)16(11)23)10-2-5-13(29-8-10)33-9-20(24,25)26/h2-5,8,14H,6-7,9H2,1H3,(H2,27,32)(H,28,31)/t14-,19?/m0/s1. The summed E-state index contributed by atoms with van der Waals surface area (Å²) in [5, 5.41) is 1.75. The molecule has 1 unspecified atom stereocenters. The fourth-order valence-corrected chi connectivity index (χ4v) is 3.99. The predicted octanol–water partition coefficient (Wildman–Crippen LogP) is 3.36. The van der Waals surface area contributed by atoms with E-state index in [2.05, 4.69) is 15.0 Å². The molecule has 1 aromatic heterocycles. The Kier molecular flexibility index (Phi) is 6.68. The topological polar surface area (TPSA) is 97.6 Å². The van der Waals surface area contributed by atoms with Gasteiger partial charge in [-0.05, 0) is 18.6 Å². The number of amides is 3. The summed E-state index contributed by atoms with van der Waals surface area (Å²) in [6, 6.07) is 3.33. The van der Waals surface area contributed by atoms with Crippen LogP contribution < -0.4 is 15.8 Å². The molecule has 178 valence electrons. The third kappa shape index (κ3) is 4.80. The first-order chi connectivity index (χ1) is 15.4. The molecule has 0 radical (unpaired) electrons. The smallest absolute Gasteiger partial charge is 0.422 e. The lowest BCUT2D eigenvalue weighted by Crippen LogP contribution is -2.68. The Labute approximate surface area is 189 Å². The van der Waals surface area contributed by atoms with Crippen LogP contribution in [0.25, 0.3) is 0 Å². The molecule has 7 nitrogen and oxygen atoms in total. The van der Waals surface area contributed by atoms with Crippen LogP contribution in [0.2, 0.25) is 5.02 Å². The monoisotopic (exact) mass is 492 g/mol. The summed E-state index contributed by atoms with van der Waals surface area (Å²) >= 11 is 5.75. The molecule has 0 spiro atoms. The molecule has 3 amide bonds. The summed E-state index contributed by atoms with van der Waals surface area (Å²) in [5.41, 5.74) is 3.52. The lowest BCUT2D eigenvalue weighted by Gasteiger charge is -2.47. The molecule has 0 saturated carbocycles. The van der Waals surface area contributed by atoms with E-state index in [1.54, 1.807) is 0 Å². The number of carbonyl (C=O) groups is 2. The molecule has 2 aromatic rings. The fourth-order valence-electron chi connectivity index (χ4n) is 3.82. The molecule has 33 heavy (non-hydrogen) atoms. The van der Waals surface area contributed by atoms with E-state index in [9.17, 15) is 27.2 Å². The van der Waals surface area contributed by atoms with Crippen molar-refractivity contribution < 1.29 is 36.3 Å². The number of hydrogen-bond donors (Lipinski definition) is 2. The van der Waals surface area contributed by atoms with Crippen LogP contribution in [0.3, 0.4) is 0 Å². The lowest BCUT2D eigenvalue weighted by atomic mass is 9.73. The van der Waals surface area contributed by atoms with Crippen molar-refractivity contribution in [3.8, 4) is 5.88 Å². The zero-order valence-corrected chi connectivity index (χ0v) is 17.8. The fraction of sp³-hybridized carbons (Fsp3) is 0.350. The van der Waals surface area contributed by atoms with E-state index in [1.165, 1.54) is 13.0 Å². The highest BCUT2D eigenvalue weighted by Gasteiger charge is 2.52. The molecule has 3 N–H and O–H groups in total. The highest BCUT2D eigenvalue weighted by Crippen LogP contribution is 2.42. The second kappa shape index (κ2) is 9.00. The Hall–Kier alpha value is -3.15. The minimum atomic E-state index is -4.59. The van der Waals surface area contributed by atoms with Crippen molar-refractivity contribution in [3.05, 3.63) is 58.2 Å². The van der Waals surface area contributed by atoms with Gasteiger partial charge in [-0.25, -0.2) is 18.6 Å². The van der Waals surface area contributed by atoms with Crippen molar-refractivity contribution in [2.24, 2.45) is 5.73 Å². The minimum Gasteiger partial charge on any atom is -0.468 e. The molecule has 1 aromatic carbocycles. The Morgan fingerprint density at radius 3 is 2.61 bits per heavy atom. The Morgan fingerprint density at radius 2 is 2.03 bits per heavy atom. The highest BCUT2D eigenvalue weighted by atomic mass is 35.5. The first-order valence-corrected chi connectivity index (χ1v) is 9.88. The molecular formula is C20H18ClF5N4O3. The number of rotatable bonds is 5. The van der Waals surface area contributed by atoms with Crippen LogP contribution in [-0.4, -0.2) is 53.2 Å². The van der Waals surface area contributed by atoms with Gasteiger partial charge >= 0.3 is 12.2 Å². The number of nitrogens with one attached hydrogen (secondary N) is 1. The van der Waals surface area contributed by atoms with Gasteiger partial charge in [0.05, 0.1) is 0 Å². The molecule has 0 bridgehead atoms. The normalized spacial score (nSPS) is 19.7. The predicted molar refractivity (Wildman–Crippen MR) is 107 cm³/mol. The van der Waals surface area contributed by atoms with E-state index < -0.39 is 52.8 Å². The number of piperazine rings is 1. The number of ether oxygens (including phenoxy) is 1. The Balaban J connectivity index is 2.15. The SMILES string of the molecule is CC1([C@@H](c2ccc(OCC(F)(F)F)nc2)c2ccc(F)c(Cl)c2F)C(=O)NCCN1C(N)=O. The molecule has 1 aliphatic rings. The van der Waals surface area contributed by atoms with E-state index in [4.69, 9.17) is 17.3 Å². The number of pyridine rings is 1. The number of hydrogen-bond acceptors (Lipinski definition) is 4. The summed E-state index contributed by atoms with van der Waals surface area (Å²) < 4.78 is 70.7. The summed E-state index contributed by atoms with van der Waals surface area (Å²) in [6.45, 7) is -0.174. The average Bonchev–Trinajstić information content (AvgIpc) is 2.74. The zero-order valence-electron chi connectivity index (χ0n) is 17.0. The van der Waals surface area contributed by atoms with Gasteiger partial charge < -0.3 is 20.7 Å². The molecule has 2 heterocycles. The van der Waals surface area contributed by atoms with Crippen LogP contribution in [0.5, 0.6) is 5.88 Å². The van der Waals surface area contributed by atoms with Crippen molar-refractivity contribution in [3.63, 3.8) is 0 Å². The van der Waals surface area contributed by atoms with Crippen LogP contribution in [0.4, 0.5) is 26.7 Å². The molecular weight excluding hydrogens is 475 g/mol. The largest absolute Gasteiger partial charge is 0.468 e. The Morgan fingerprint density at radius 1 is 1.33 bits per heavy atom. The highest BCUT2D eigenvalue weighted by molar-refractivity contribution is 6.31. The maximum absolute atomic E-state index is 15.1. The molecule has 13 heteroatoms. The van der Waals surface area contributed by atoms with E-state index in [1.807, 2.05) is 0 Å². The first-order valence-electron chi connectivity index (χ1n) is 9.50. The molecule has 1 fully saturated rings. The number of aromatic nitrogens is 1. The van der Waals surface area contributed by atoms with Gasteiger partial charge in [0.15, 0.2) is 6.61 Å². The average molecular weight is 493 g/mol. The van der Waals surface area contributed by atoms with Crippen LogP contribution in [-0.2, 0) is 4.79 Å². The summed E-state index contributed by atoms with van der Waals surface area (Å²) in [6.07, 6.45) is -3.52. The second-order valence-electron chi connectivity index (χ2n) is 7.42. The molecule has 1 saturated heterocycles. The van der Waals surface area contributed by atoms with Crippen molar-refractivity contribution >= 4 is 23.5 Å². The van der Waals surface area contributed by atoms with E-state index in [-0.39, 0.29) is 30.1 Å². The van der Waals surface area contributed by atoms with Gasteiger partial charge in [0.2, 0.25) is 11.8 Å². The molecule has 3 rings (SSSR count). The number of halogens is 6. The van der Waals surface area contributed by atoms with Crippen molar-refractivity contribution in [1.29, 1.82) is 0 Å². The maximum atomic E-state index is 15.1. The number of benzene rings is 1. The number of nitrogens with zero attached hydrogens (tertiary/aromatic N) is 2. The van der Waals surface area contributed by atoms with E-state index in [0.29, 0.717) is 0 Å². The van der Waals surface area contributed by atoms with Gasteiger partial charge in [-0.15, -0.1) is 0 Å². The van der Waals surface area contributed by atoms with Gasteiger partial charge in [-0.2, -0.15) is 13.2 Å². The van der Waals surface area contributed by atoms with Crippen molar-refractivity contribution in [1.82, 2.24) is 15.2 Å². The minimum absolute atomic E-state index is 0.00910. The van der Waals surface area contributed by atoms with Crippen LogP contribution in [0, 0.1) is 11.6 Å². The van der Waals surface area contributed by atoms with E-state index in [0.717, 1.165) is 29.3 Å². The summed E-state index contributed by atoms with van der Waals surface area (Å²) in [4.78, 5) is 30.0. The third-order valence-electron chi connectivity index (χ3n) is 5.32. The van der Waals surface area contributed by atoms with Crippen LogP contribution in [0.15, 0.2) is 30.5 Å².